The van der Waals surface area contributed by atoms with Crippen LogP contribution in [0, 0.1) is 0 Å². The van der Waals surface area contributed by atoms with Crippen LogP contribution in [0.3, 0.4) is 0 Å². The second kappa shape index (κ2) is 5.91. The van der Waals surface area contributed by atoms with Crippen LogP contribution in [0.15, 0.2) is 12.1 Å². The minimum atomic E-state index is -0.521. The van der Waals surface area contributed by atoms with Crippen LogP contribution >= 0.6 is 11.6 Å². The number of alkyl carbamates (subject to hydrolysis) is 1. The maximum absolute atomic E-state index is 11.5. The Morgan fingerprint density at radius 2 is 2.11 bits per heavy atom. The van der Waals surface area contributed by atoms with Crippen LogP contribution in [0.4, 0.5) is 4.79 Å². The molecule has 0 aliphatic heterocycles. The van der Waals surface area contributed by atoms with Gasteiger partial charge in [-0.2, -0.15) is 0 Å². The molecule has 5 nitrogen and oxygen atoms in total. The maximum atomic E-state index is 11.5. The van der Waals surface area contributed by atoms with Crippen LogP contribution in [0.1, 0.15) is 26.3 Å². The minimum absolute atomic E-state index is 0.266. The van der Waals surface area contributed by atoms with Gasteiger partial charge in [0.15, 0.2) is 0 Å². The fourth-order valence-electron chi connectivity index (χ4n) is 1.24. The Morgan fingerprint density at radius 1 is 1.44 bits per heavy atom. The van der Waals surface area contributed by atoms with Gasteiger partial charge in [-0.05, 0) is 32.9 Å². The van der Waals surface area contributed by atoms with Gasteiger partial charge in [0.05, 0.1) is 13.7 Å². The number of methoxy groups -OCH3 is 1. The maximum Gasteiger partial charge on any atom is 0.407 e. The molecule has 1 amide bonds. The molecule has 0 aromatic carbocycles. The van der Waals surface area contributed by atoms with Crippen molar-refractivity contribution in [1.82, 2.24) is 10.3 Å². The lowest BCUT2D eigenvalue weighted by molar-refractivity contribution is 0.0523. The van der Waals surface area contributed by atoms with E-state index in [1.807, 2.05) is 0 Å². The van der Waals surface area contributed by atoms with Gasteiger partial charge >= 0.3 is 6.09 Å². The molecule has 0 spiro atoms. The van der Waals surface area contributed by atoms with E-state index in [0.29, 0.717) is 11.0 Å². The lowest BCUT2D eigenvalue weighted by Gasteiger charge is -2.19. The highest BCUT2D eigenvalue weighted by Gasteiger charge is 2.16. The zero-order valence-electron chi connectivity index (χ0n) is 10.9. The molecule has 0 atom stereocenters. The number of rotatable bonds is 3. The number of hydrogen-bond acceptors (Lipinski definition) is 4. The summed E-state index contributed by atoms with van der Waals surface area (Å²) in [5.41, 5.74) is 0.208. The van der Waals surface area contributed by atoms with Crippen molar-refractivity contribution in [3.8, 4) is 5.88 Å². The molecule has 0 fully saturated rings. The second-order valence-corrected chi connectivity index (χ2v) is 5.05. The smallest absolute Gasteiger partial charge is 0.407 e. The van der Waals surface area contributed by atoms with Crippen LogP contribution in [-0.2, 0) is 11.3 Å². The first kappa shape index (κ1) is 14.6. The Morgan fingerprint density at radius 3 is 2.67 bits per heavy atom. The number of ether oxygens (including phenoxy) is 2. The Kier molecular flexibility index (Phi) is 4.78. The molecular weight excluding hydrogens is 256 g/mol. The normalized spacial score (nSPS) is 10.9. The summed E-state index contributed by atoms with van der Waals surface area (Å²) in [4.78, 5) is 15.5. The van der Waals surface area contributed by atoms with Crippen molar-refractivity contribution in [3.05, 3.63) is 22.8 Å². The van der Waals surface area contributed by atoms with Gasteiger partial charge in [0, 0.05) is 5.56 Å². The summed E-state index contributed by atoms with van der Waals surface area (Å²) in [6, 6.07) is 3.38. The Bertz CT molecular complexity index is 430. The van der Waals surface area contributed by atoms with Crippen LogP contribution in [0.5, 0.6) is 5.88 Å². The molecule has 0 saturated carbocycles. The Balaban J connectivity index is 2.61. The lowest BCUT2D eigenvalue weighted by atomic mass is 10.2. The Hall–Kier alpha value is -1.49. The minimum Gasteiger partial charge on any atom is -0.481 e. The van der Waals surface area contributed by atoms with Crippen molar-refractivity contribution in [2.75, 3.05) is 7.11 Å². The second-order valence-electron chi connectivity index (χ2n) is 4.66. The number of amides is 1. The molecule has 0 bridgehead atoms. The molecule has 0 aliphatic carbocycles. The van der Waals surface area contributed by atoms with Crippen LogP contribution in [-0.4, -0.2) is 23.8 Å². The van der Waals surface area contributed by atoms with E-state index in [1.165, 1.54) is 7.11 Å². The number of nitrogens with zero attached hydrogens (tertiary/aromatic N) is 1. The average molecular weight is 273 g/mol. The van der Waals surface area contributed by atoms with E-state index in [9.17, 15) is 4.79 Å². The molecule has 0 saturated heterocycles. The zero-order valence-corrected chi connectivity index (χ0v) is 11.7. The van der Waals surface area contributed by atoms with Crippen molar-refractivity contribution < 1.29 is 14.3 Å². The highest BCUT2D eigenvalue weighted by atomic mass is 35.5. The van der Waals surface area contributed by atoms with E-state index in [1.54, 1.807) is 32.9 Å². The third-order valence-corrected chi connectivity index (χ3v) is 2.13. The van der Waals surface area contributed by atoms with Crippen molar-refractivity contribution in [2.24, 2.45) is 0 Å². The van der Waals surface area contributed by atoms with Gasteiger partial charge in [0.2, 0.25) is 5.88 Å². The molecule has 18 heavy (non-hydrogen) atoms. The predicted octanol–water partition coefficient (Wildman–Crippen LogP) is 2.77. The van der Waals surface area contributed by atoms with Gasteiger partial charge in [-0.3, -0.25) is 0 Å². The molecule has 1 N–H and O–H groups in total. The largest absolute Gasteiger partial charge is 0.481 e. The summed E-state index contributed by atoms with van der Waals surface area (Å²) in [5, 5.41) is 2.97. The predicted molar refractivity (Wildman–Crippen MR) is 68.9 cm³/mol. The highest BCUT2D eigenvalue weighted by Crippen LogP contribution is 2.18. The summed E-state index contributed by atoms with van der Waals surface area (Å²) in [5.74, 6) is 0.388. The summed E-state index contributed by atoms with van der Waals surface area (Å²) in [7, 11) is 1.50. The topological polar surface area (TPSA) is 60.5 Å². The molecule has 1 heterocycles. The monoisotopic (exact) mass is 272 g/mol. The average Bonchev–Trinajstić information content (AvgIpc) is 2.24. The van der Waals surface area contributed by atoms with Gasteiger partial charge in [-0.25, -0.2) is 9.78 Å². The van der Waals surface area contributed by atoms with Crippen molar-refractivity contribution in [1.29, 1.82) is 0 Å². The van der Waals surface area contributed by atoms with Crippen LogP contribution < -0.4 is 10.1 Å². The van der Waals surface area contributed by atoms with E-state index in [0.717, 1.165) is 5.56 Å². The summed E-state index contributed by atoms with van der Waals surface area (Å²) in [6.07, 6.45) is -0.487. The molecule has 0 aliphatic rings. The molecule has 100 valence electrons. The van der Waals surface area contributed by atoms with Crippen molar-refractivity contribution in [3.63, 3.8) is 0 Å². The molecule has 0 radical (unpaired) electrons. The molecule has 1 aromatic rings. The summed E-state index contributed by atoms with van der Waals surface area (Å²) < 4.78 is 10.2. The SMILES string of the molecule is COc1nc(Cl)ccc1CNC(=O)OC(C)(C)C. The van der Waals surface area contributed by atoms with Gasteiger partial charge in [-0.15, -0.1) is 0 Å². The van der Waals surface area contributed by atoms with E-state index in [4.69, 9.17) is 21.1 Å². The number of aromatic nitrogens is 1. The van der Waals surface area contributed by atoms with E-state index >= 15 is 0 Å². The first-order valence-corrected chi connectivity index (χ1v) is 5.86. The molecule has 0 unspecified atom stereocenters. The lowest BCUT2D eigenvalue weighted by Crippen LogP contribution is -2.32. The van der Waals surface area contributed by atoms with Crippen LogP contribution in [0.2, 0.25) is 5.15 Å². The van der Waals surface area contributed by atoms with E-state index in [-0.39, 0.29) is 6.54 Å². The molecule has 6 heteroatoms. The van der Waals surface area contributed by atoms with Crippen molar-refractivity contribution in [2.45, 2.75) is 32.9 Å². The first-order valence-electron chi connectivity index (χ1n) is 5.48. The Labute approximate surface area is 111 Å². The number of halogens is 1. The third-order valence-electron chi connectivity index (χ3n) is 1.92. The number of carbonyl (C=O) groups is 1. The van der Waals surface area contributed by atoms with Crippen LogP contribution in [0.25, 0.3) is 0 Å². The third kappa shape index (κ3) is 4.79. The van der Waals surface area contributed by atoms with Gasteiger partial charge in [0.25, 0.3) is 0 Å². The molecule has 1 rings (SSSR count). The number of carbonyl (C=O) groups excluding carboxylic acids is 1. The zero-order chi connectivity index (χ0) is 13.8. The quantitative estimate of drug-likeness (QED) is 0.860. The van der Waals surface area contributed by atoms with Gasteiger partial charge in [0.1, 0.15) is 10.8 Å². The molecule has 1 aromatic heterocycles. The highest BCUT2D eigenvalue weighted by molar-refractivity contribution is 6.29. The standard InChI is InChI=1S/C12H17ClN2O3/c1-12(2,3)18-11(16)14-7-8-5-6-9(13)15-10(8)17-4/h5-6H,7H2,1-4H3,(H,14,16). The summed E-state index contributed by atoms with van der Waals surface area (Å²) >= 11 is 5.74. The molecular formula is C12H17ClN2O3. The number of nitrogens with one attached hydrogen (secondary N) is 1. The van der Waals surface area contributed by atoms with Gasteiger partial charge < -0.3 is 14.8 Å². The number of hydrogen-bond donors (Lipinski definition) is 1. The fraction of sp³-hybridized carbons (Fsp3) is 0.500. The van der Waals surface area contributed by atoms with E-state index < -0.39 is 11.7 Å². The fourth-order valence-corrected chi connectivity index (χ4v) is 1.38. The number of pyridine rings is 1. The van der Waals surface area contributed by atoms with E-state index in [2.05, 4.69) is 10.3 Å². The summed E-state index contributed by atoms with van der Waals surface area (Å²) in [6.45, 7) is 5.67. The first-order chi connectivity index (χ1) is 8.31. The van der Waals surface area contributed by atoms with Gasteiger partial charge in [-0.1, -0.05) is 11.6 Å². The van der Waals surface area contributed by atoms with Crippen molar-refractivity contribution >= 4 is 17.7 Å².